The summed E-state index contributed by atoms with van der Waals surface area (Å²) in [5.74, 6) is 0. The molecule has 0 bridgehead atoms. The monoisotopic (exact) mass is 414 g/mol. The Kier molecular flexibility index (Phi) is 15.9. The maximum absolute atomic E-state index is 2.69. The van der Waals surface area contributed by atoms with Crippen LogP contribution in [-0.4, -0.2) is 70.0 Å². The minimum atomic E-state index is -1.21. The predicted octanol–water partition coefficient (Wildman–Crippen LogP) is 5.13. The Balaban J connectivity index is 4.02. The van der Waals surface area contributed by atoms with E-state index in [1.165, 1.54) is 58.4 Å². The first kappa shape index (κ1) is 22.8. The van der Waals surface area contributed by atoms with Gasteiger partial charge in [0, 0.05) is 0 Å². The molecule has 0 unspecified atom stereocenters. The third kappa shape index (κ3) is 11.3. The molecule has 0 saturated heterocycles. The van der Waals surface area contributed by atoms with Crippen molar-refractivity contribution in [1.82, 2.24) is 9.80 Å². The van der Waals surface area contributed by atoms with Crippen LogP contribution >= 0.6 is 0 Å². The molecule has 0 aromatic rings. The summed E-state index contributed by atoms with van der Waals surface area (Å²) in [5.41, 5.74) is 0. The topological polar surface area (TPSA) is 6.48 Å². The fourth-order valence-corrected chi connectivity index (χ4v) is 12.6. The van der Waals surface area contributed by atoms with Crippen LogP contribution in [0.2, 0.25) is 12.5 Å². The van der Waals surface area contributed by atoms with Crippen molar-refractivity contribution in [2.45, 2.75) is 85.8 Å². The third-order valence-electron chi connectivity index (χ3n) is 4.98. The van der Waals surface area contributed by atoms with E-state index in [-0.39, 0.29) is 0 Å². The van der Waals surface area contributed by atoms with Gasteiger partial charge in [0.2, 0.25) is 0 Å². The molecular weight excluding hydrogens is 371 g/mol. The summed E-state index contributed by atoms with van der Waals surface area (Å²) in [6, 6.07) is 0.724. The van der Waals surface area contributed by atoms with Crippen molar-refractivity contribution in [3.63, 3.8) is 0 Å². The van der Waals surface area contributed by atoms with Crippen LogP contribution in [0.3, 0.4) is 0 Å². The second-order valence-electron chi connectivity index (χ2n) is 7.10. The molecule has 0 radical (unpaired) electrons. The van der Waals surface area contributed by atoms with Crippen molar-refractivity contribution < 1.29 is 0 Å². The number of nitrogens with zero attached hydrogens (tertiary/aromatic N) is 2. The summed E-state index contributed by atoms with van der Waals surface area (Å²) in [6.07, 6.45) is 5.69. The van der Waals surface area contributed by atoms with Crippen LogP contribution in [0.5, 0.6) is 0 Å². The van der Waals surface area contributed by atoms with E-state index in [4.69, 9.17) is 0 Å². The zero-order chi connectivity index (χ0) is 16.8. The molecule has 132 valence electrons. The Bertz CT molecular complexity index is 229. The van der Waals surface area contributed by atoms with Gasteiger partial charge < -0.3 is 0 Å². The summed E-state index contributed by atoms with van der Waals surface area (Å²) in [7, 11) is 0. The van der Waals surface area contributed by atoms with Crippen LogP contribution < -0.4 is 0 Å². The van der Waals surface area contributed by atoms with Crippen LogP contribution in [0.15, 0.2) is 0 Å². The average Bonchev–Trinajstić information content (AvgIpc) is 2.50. The van der Waals surface area contributed by atoms with Gasteiger partial charge in [-0.3, -0.25) is 0 Å². The first-order valence-corrected chi connectivity index (χ1v) is 17.0. The molecule has 0 amide bonds. The van der Waals surface area contributed by atoms with E-state index in [1.54, 1.807) is 12.5 Å². The molecule has 3 heteroatoms. The summed E-state index contributed by atoms with van der Waals surface area (Å²) in [5, 5.41) is 0. The van der Waals surface area contributed by atoms with Crippen molar-refractivity contribution in [3.8, 4) is 0 Å². The molecule has 0 spiro atoms. The molecular formula is C19H43InN2. The SMILES string of the molecule is CCCN(CC[CH2][In]([CH2]CC)[CH2]CCN(CC)CC)C(C)C. The second kappa shape index (κ2) is 15.3. The van der Waals surface area contributed by atoms with Crippen LogP contribution in [0.25, 0.3) is 0 Å². The van der Waals surface area contributed by atoms with Crippen molar-refractivity contribution in [2.24, 2.45) is 0 Å². The van der Waals surface area contributed by atoms with Crippen LogP contribution in [0.1, 0.15) is 67.2 Å². The molecule has 0 saturated carbocycles. The van der Waals surface area contributed by atoms with Crippen LogP contribution in [-0.2, 0) is 0 Å². The molecule has 22 heavy (non-hydrogen) atoms. The number of hydrogen-bond acceptors (Lipinski definition) is 2. The molecule has 0 aromatic heterocycles. The van der Waals surface area contributed by atoms with E-state index >= 15 is 0 Å². The zero-order valence-corrected chi connectivity index (χ0v) is 19.8. The summed E-state index contributed by atoms with van der Waals surface area (Å²) >= 11 is -1.21. The van der Waals surface area contributed by atoms with Gasteiger partial charge in [0.25, 0.3) is 0 Å². The van der Waals surface area contributed by atoms with Crippen molar-refractivity contribution >= 4 is 21.4 Å². The van der Waals surface area contributed by atoms with Crippen LogP contribution in [0, 0.1) is 0 Å². The Hall–Kier alpha value is 0.790. The molecule has 0 aromatic carbocycles. The van der Waals surface area contributed by atoms with E-state index in [9.17, 15) is 0 Å². The van der Waals surface area contributed by atoms with Crippen molar-refractivity contribution in [3.05, 3.63) is 0 Å². The number of rotatable bonds is 15. The summed E-state index contributed by atoms with van der Waals surface area (Å²) in [6.45, 7) is 20.4. The van der Waals surface area contributed by atoms with Crippen LogP contribution in [0.4, 0.5) is 0 Å². The second-order valence-corrected chi connectivity index (χ2v) is 17.0. The first-order chi connectivity index (χ1) is 10.6. The van der Waals surface area contributed by atoms with Gasteiger partial charge in [-0.1, -0.05) is 0 Å². The third-order valence-corrected chi connectivity index (χ3v) is 15.9. The Labute approximate surface area is 149 Å². The van der Waals surface area contributed by atoms with Gasteiger partial charge in [0.05, 0.1) is 0 Å². The Morgan fingerprint density at radius 3 is 1.77 bits per heavy atom. The summed E-state index contributed by atoms with van der Waals surface area (Å²) < 4.78 is 4.91. The Morgan fingerprint density at radius 1 is 0.727 bits per heavy atom. The maximum atomic E-state index is 2.69. The molecule has 0 aliphatic carbocycles. The zero-order valence-electron chi connectivity index (χ0n) is 16.5. The molecule has 0 heterocycles. The van der Waals surface area contributed by atoms with E-state index in [2.05, 4.69) is 51.3 Å². The number of hydrogen-bond donors (Lipinski definition) is 0. The molecule has 0 aliphatic heterocycles. The van der Waals surface area contributed by atoms with Gasteiger partial charge >= 0.3 is 150 Å². The van der Waals surface area contributed by atoms with E-state index in [0.29, 0.717) is 0 Å². The first-order valence-electron chi connectivity index (χ1n) is 10.0. The van der Waals surface area contributed by atoms with Crippen molar-refractivity contribution in [2.75, 3.05) is 32.7 Å². The summed E-state index contributed by atoms with van der Waals surface area (Å²) in [4.78, 5) is 5.28. The van der Waals surface area contributed by atoms with E-state index in [1.807, 2.05) is 0 Å². The standard InChI is InChI=1S/C9H20N.C7H16N.C3H7.In/c1-5-7-10(8-6-2)9(3)4;1-4-7-8(5-2)6-3;1-3-2;/h9H,1,5-8H2,2-4H3;1,4-7H2,2-3H3;1,3H2,2H3;. The normalized spacial score (nSPS) is 11.9. The fourth-order valence-electron chi connectivity index (χ4n) is 3.48. The van der Waals surface area contributed by atoms with Crippen molar-refractivity contribution in [1.29, 1.82) is 0 Å². The molecule has 0 rings (SSSR count). The molecule has 0 aliphatic rings. The molecule has 0 fully saturated rings. The van der Waals surface area contributed by atoms with Gasteiger partial charge in [0.1, 0.15) is 0 Å². The van der Waals surface area contributed by atoms with Gasteiger partial charge in [-0.25, -0.2) is 0 Å². The molecule has 2 nitrogen and oxygen atoms in total. The van der Waals surface area contributed by atoms with Gasteiger partial charge in [0.15, 0.2) is 0 Å². The minimum absolute atomic E-state index is 0.724. The average molecular weight is 414 g/mol. The Morgan fingerprint density at radius 2 is 1.32 bits per heavy atom. The van der Waals surface area contributed by atoms with E-state index < -0.39 is 21.4 Å². The van der Waals surface area contributed by atoms with Gasteiger partial charge in [-0.15, -0.1) is 0 Å². The quantitative estimate of drug-likeness (QED) is 0.366. The molecule has 0 N–H and O–H groups in total. The molecule has 0 atom stereocenters. The predicted molar refractivity (Wildman–Crippen MR) is 104 cm³/mol. The fraction of sp³-hybridized carbons (Fsp3) is 1.00. The van der Waals surface area contributed by atoms with E-state index in [0.717, 1.165) is 6.04 Å². The van der Waals surface area contributed by atoms with Gasteiger partial charge in [-0.2, -0.15) is 0 Å². The van der Waals surface area contributed by atoms with Gasteiger partial charge in [-0.05, 0) is 0 Å².